The number of hydrogen-bond acceptors (Lipinski definition) is 28. The average Bonchev–Trinajstić information content (AvgIpc) is 1.31. The van der Waals surface area contributed by atoms with E-state index in [-0.39, 0.29) is 83.2 Å². The van der Waals surface area contributed by atoms with Gasteiger partial charge in [-0.2, -0.15) is 25.7 Å². The highest BCUT2D eigenvalue weighted by Gasteiger charge is 2.38. The molecule has 750 valence electrons. The number of nitrogens with zero attached hydrogens (tertiary/aromatic N) is 21. The summed E-state index contributed by atoms with van der Waals surface area (Å²) < 4.78 is 49.0. The third-order valence-corrected chi connectivity index (χ3v) is 29.3. The van der Waals surface area contributed by atoms with E-state index in [4.69, 9.17) is 57.1 Å². The Morgan fingerprint density at radius 3 is 1.07 bits per heavy atom. The van der Waals surface area contributed by atoms with Crippen LogP contribution in [0.3, 0.4) is 0 Å². The first-order valence-corrected chi connectivity index (χ1v) is 49.2. The zero-order valence-electron chi connectivity index (χ0n) is 83.4. The van der Waals surface area contributed by atoms with Crippen LogP contribution in [0.1, 0.15) is 193 Å². The fourth-order valence-corrected chi connectivity index (χ4v) is 20.3. The summed E-state index contributed by atoms with van der Waals surface area (Å²) in [6.45, 7) is 28.0. The Hall–Kier alpha value is -13.8. The van der Waals surface area contributed by atoms with E-state index in [2.05, 4.69) is 212 Å². The maximum atomic E-state index is 13.4. The number of benzene rings is 4. The van der Waals surface area contributed by atoms with Gasteiger partial charge in [0.1, 0.15) is 0 Å². The minimum atomic E-state index is -2.58. The molecule has 15 heterocycles. The molecule has 4 aromatic carbocycles. The van der Waals surface area contributed by atoms with E-state index in [1.54, 1.807) is 55.8 Å². The predicted octanol–water partition coefficient (Wildman–Crippen LogP) is 11.9. The van der Waals surface area contributed by atoms with E-state index in [1.165, 1.54) is 104 Å². The molecule has 8 aromatic heterocycles. The number of anilines is 4. The number of carbonyl (C=O) groups is 4. The van der Waals surface area contributed by atoms with Crippen molar-refractivity contribution in [1.29, 1.82) is 5.26 Å². The number of amides is 4. The van der Waals surface area contributed by atoms with Crippen molar-refractivity contribution in [3.05, 3.63) is 212 Å². The Morgan fingerprint density at radius 1 is 0.427 bits per heavy atom. The zero-order chi connectivity index (χ0) is 101. The lowest BCUT2D eigenvalue weighted by Gasteiger charge is -2.37. The molecule has 36 nitrogen and oxygen atoms in total. The van der Waals surface area contributed by atoms with E-state index in [9.17, 15) is 33.2 Å². The van der Waals surface area contributed by atoms with Gasteiger partial charge in [-0.15, -0.1) is 0 Å². The van der Waals surface area contributed by atoms with E-state index in [0.717, 1.165) is 164 Å². The van der Waals surface area contributed by atoms with Gasteiger partial charge in [-0.3, -0.25) is 19.2 Å². The van der Waals surface area contributed by atoms with Crippen LogP contribution in [0.25, 0.3) is 68.3 Å². The first-order chi connectivity index (χ1) is 68.6. The highest BCUT2D eigenvalue weighted by Crippen LogP contribution is 2.40. The Bertz CT molecular complexity index is 6730. The topological polar surface area (TPSA) is 459 Å². The lowest BCUT2D eigenvalue weighted by molar-refractivity contribution is -0.0452. The molecule has 0 unspecified atom stereocenters. The summed E-state index contributed by atoms with van der Waals surface area (Å²) in [5.74, 6) is -0.667. The normalized spacial score (nSPS) is 17.5. The second-order valence-electron chi connectivity index (χ2n) is 40.6. The summed E-state index contributed by atoms with van der Waals surface area (Å²) in [4.78, 5) is 97.0. The number of hydrogen-bond donors (Lipinski definition) is 8. The van der Waals surface area contributed by atoms with Crippen molar-refractivity contribution in [1.82, 2.24) is 120 Å². The summed E-state index contributed by atoms with van der Waals surface area (Å²) in [5, 5.41) is 38.9. The minimum Gasteiger partial charge on any atom is -0.381 e. The first-order valence-electron chi connectivity index (χ1n) is 49.2. The lowest BCUT2D eigenvalue weighted by atomic mass is 9.81. The molecule has 12 aromatic rings. The molecule has 38 heteroatoms. The molecule has 0 atom stereocenters. The van der Waals surface area contributed by atoms with Crippen molar-refractivity contribution in [2.45, 2.75) is 176 Å². The summed E-state index contributed by atoms with van der Waals surface area (Å²) in [5.41, 5.74) is 48.0. The molecule has 4 fully saturated rings. The van der Waals surface area contributed by atoms with Gasteiger partial charge in [0.15, 0.2) is 46.5 Å². The van der Waals surface area contributed by atoms with Crippen LogP contribution in [0, 0.1) is 61.7 Å². The van der Waals surface area contributed by atoms with Gasteiger partial charge in [0.05, 0.1) is 106 Å². The third-order valence-electron chi connectivity index (χ3n) is 29.3. The van der Waals surface area contributed by atoms with Gasteiger partial charge in [-0.05, 0) is 279 Å². The molecule has 3 saturated heterocycles. The van der Waals surface area contributed by atoms with Crippen molar-refractivity contribution in [2.75, 3.05) is 137 Å². The molecule has 1 aliphatic carbocycles. The number of likely N-dealkylation sites (N-methyl/N-ethyl adjacent to an activating group) is 4. The SMILES string of the molecule is Cc1cc(-c2cnc(N)c(-n3cc(C(=O)NC(C)(C)C4CCOCC4)cn3)n2)cc2c1CCN(C)C2.Cc1cc(-c2cnc(N)c(-n3cc(C(=O)NCC4(C#N)CCOCC4)cn3)n2)cc2c1CCN(C)C2.Cc1cc(-c2cnc(N)c(-n3cc(C(=O)NCC4(C)CCOCC4)cn3)n2)cc2c1CCN(C)C2.Cc1cc(-c2cnc(N)c(-n3cc(C(=O)NCC4CCC(F)(F)CC4)cn3)n2)cc2c1CCN(C)C2. The molecule has 0 bridgehead atoms. The van der Waals surface area contributed by atoms with Gasteiger partial charge in [0.25, 0.3) is 23.6 Å². The number of fused-ring (bicyclic) bond motifs is 4. The van der Waals surface area contributed by atoms with Crippen LogP contribution in [0.5, 0.6) is 0 Å². The first kappa shape index (κ1) is 101. The molecule has 1 saturated carbocycles. The highest BCUT2D eigenvalue weighted by molar-refractivity contribution is 5.96. The summed E-state index contributed by atoms with van der Waals surface area (Å²) in [7, 11) is 8.52. The van der Waals surface area contributed by atoms with E-state index in [0.29, 0.717) is 115 Å². The smallest absolute Gasteiger partial charge is 0.254 e. The fourth-order valence-electron chi connectivity index (χ4n) is 20.3. The summed E-state index contributed by atoms with van der Waals surface area (Å²) >= 11 is 0. The second kappa shape index (κ2) is 43.2. The maximum Gasteiger partial charge on any atom is 0.254 e. The van der Waals surface area contributed by atoms with E-state index in [1.807, 2.05) is 0 Å². The number of nitrogens with one attached hydrogen (secondary N) is 4. The molecular weight excluding hydrogens is 1820 g/mol. The molecule has 0 spiro atoms. The van der Waals surface area contributed by atoms with Crippen LogP contribution < -0.4 is 44.2 Å². The number of aromatic nitrogens is 16. The van der Waals surface area contributed by atoms with Crippen LogP contribution in [-0.4, -0.2) is 247 Å². The molecule has 7 aliphatic heterocycles. The van der Waals surface area contributed by atoms with Crippen LogP contribution >= 0.6 is 0 Å². The molecule has 143 heavy (non-hydrogen) atoms. The van der Waals surface area contributed by atoms with E-state index >= 15 is 0 Å². The zero-order valence-corrected chi connectivity index (χ0v) is 83.4. The average molecular weight is 1950 g/mol. The second-order valence-corrected chi connectivity index (χ2v) is 40.6. The van der Waals surface area contributed by atoms with Crippen molar-refractivity contribution in [2.24, 2.45) is 22.7 Å². The Labute approximate surface area is 831 Å². The Morgan fingerprint density at radius 2 is 0.734 bits per heavy atom. The standard InChI is InChI=1S/C27H35N7O2.C26H31F2N7O.C26H30N8O2.C26H33N7O2/c1-17-11-18(12-19-15-33(4)8-5-22(17)19)23-14-29-24(28)25(31-23)34-16-20(13-30-34)26(35)32-27(2,3)21-6-9-36-10-7-21;1-16-9-18(10-19-14-34(2)8-5-21(16)19)22-13-30-23(29)24(33-22)35-15-20(12-32-35)25(36)31-11-17-3-6-26(27,28)7-4-17;1-17-9-18(10-19-13-33(2)6-3-21(17)19)22-12-29-23(28)24(32-22)34-14-20(11-31-34)25(35)30-16-26(15-27)4-7-36-8-5-26;1-17-10-18(11-19-14-32(3)7-4-21(17)19)22-13-28-23(27)24(31-22)33-15-20(12-30-33)25(34)29-16-26(2)5-8-35-9-6-26/h11-14,16,21H,5-10,15H2,1-4H3,(H2,28,29)(H,32,35);9-10,12-13,15,17H,3-8,11,14H2,1-2H3,(H2,29,30)(H,31,36);9-12,14H,3-8,13,16H2,1-2H3,(H2,28,29)(H,30,35);10-13,15H,4-9,14,16H2,1-3H3,(H2,27,28)(H,29,34). The molecule has 12 N–H and O–H groups in total. The van der Waals surface area contributed by atoms with Crippen LogP contribution in [0.15, 0.2) is 123 Å². The number of nitriles is 1. The predicted molar refractivity (Wildman–Crippen MR) is 540 cm³/mol. The lowest BCUT2D eigenvalue weighted by Crippen LogP contribution is -2.50. The monoisotopic (exact) mass is 1950 g/mol. The molecule has 8 aliphatic rings. The number of nitrogens with two attached hydrogens (primary N) is 4. The van der Waals surface area contributed by atoms with Crippen LogP contribution in [0.2, 0.25) is 0 Å². The van der Waals surface area contributed by atoms with Crippen molar-refractivity contribution < 1.29 is 42.2 Å². The third kappa shape index (κ3) is 23.7. The van der Waals surface area contributed by atoms with Gasteiger partial charge < -0.3 is 78.0 Å². The minimum absolute atomic E-state index is 0.0515. The van der Waals surface area contributed by atoms with Crippen molar-refractivity contribution in [3.63, 3.8) is 0 Å². The molecule has 4 amide bonds. The van der Waals surface area contributed by atoms with Gasteiger partial charge in [-0.1, -0.05) is 6.92 Å². The fraction of sp³-hybridized carbons (Fsp3) is 0.457. The maximum absolute atomic E-state index is 13.4. The van der Waals surface area contributed by atoms with Crippen LogP contribution in [0.4, 0.5) is 32.1 Å². The number of nitrogen functional groups attached to an aromatic ring is 4. The van der Waals surface area contributed by atoms with Crippen LogP contribution in [-0.2, 0) is 66.1 Å². The van der Waals surface area contributed by atoms with Crippen molar-refractivity contribution >= 4 is 46.9 Å². The summed E-state index contributed by atoms with van der Waals surface area (Å²) in [6.07, 6.45) is 28.8. The number of rotatable bonds is 20. The van der Waals surface area contributed by atoms with Gasteiger partial charge in [0, 0.05) is 177 Å². The van der Waals surface area contributed by atoms with Gasteiger partial charge in [0.2, 0.25) is 5.92 Å². The number of halogens is 2. The molecule has 0 radical (unpaired) electrons. The molecular formula is C105H129F2N29O7. The summed E-state index contributed by atoms with van der Waals surface area (Å²) in [6, 6.07) is 19.7. The number of alkyl halides is 2. The number of carbonyl (C=O) groups excluding carboxylic acids is 4. The largest absolute Gasteiger partial charge is 0.381 e. The number of aryl methyl sites for hydroxylation is 4. The van der Waals surface area contributed by atoms with E-state index < -0.39 is 11.3 Å². The van der Waals surface area contributed by atoms with Gasteiger partial charge in [-0.25, -0.2) is 67.4 Å². The Kier molecular flexibility index (Phi) is 30.4. The van der Waals surface area contributed by atoms with Gasteiger partial charge >= 0.3 is 0 Å². The molecule has 20 rings (SSSR count). The highest BCUT2D eigenvalue weighted by atomic mass is 19.3. The quantitative estimate of drug-likeness (QED) is 0.0351. The van der Waals surface area contributed by atoms with Crippen molar-refractivity contribution in [3.8, 4) is 74.4 Å². The number of ether oxygens (including phenoxy) is 3. The Balaban J connectivity index is 0.000000131.